The Morgan fingerprint density at radius 3 is 2.62 bits per heavy atom. The van der Waals surface area contributed by atoms with Crippen molar-refractivity contribution in [2.24, 2.45) is 0 Å². The zero-order chi connectivity index (χ0) is 15.1. The van der Waals surface area contributed by atoms with Crippen molar-refractivity contribution in [2.45, 2.75) is 6.92 Å². The number of hydrogen-bond acceptors (Lipinski definition) is 3. The van der Waals surface area contributed by atoms with Crippen LogP contribution in [-0.2, 0) is 4.74 Å². The average Bonchev–Trinajstić information content (AvgIpc) is 2.45. The van der Waals surface area contributed by atoms with E-state index in [1.807, 2.05) is 25.1 Å². The number of amides is 1. The van der Waals surface area contributed by atoms with Gasteiger partial charge in [-0.15, -0.1) is 0 Å². The van der Waals surface area contributed by atoms with E-state index in [1.165, 1.54) is 0 Å². The third kappa shape index (κ3) is 5.36. The van der Waals surface area contributed by atoms with Crippen molar-refractivity contribution in [2.75, 3.05) is 18.5 Å². The first-order valence-electron chi connectivity index (χ1n) is 6.52. The van der Waals surface area contributed by atoms with Crippen molar-refractivity contribution >= 4 is 23.4 Å². The second kappa shape index (κ2) is 7.55. The number of nitrogens with one attached hydrogen (secondary N) is 1. The van der Waals surface area contributed by atoms with Crippen LogP contribution in [0.2, 0.25) is 5.02 Å². The van der Waals surface area contributed by atoms with Gasteiger partial charge in [0.1, 0.15) is 19.0 Å². The second-order valence-corrected chi connectivity index (χ2v) is 4.87. The van der Waals surface area contributed by atoms with Crippen LogP contribution >= 0.6 is 11.6 Å². The first-order chi connectivity index (χ1) is 10.1. The van der Waals surface area contributed by atoms with Crippen LogP contribution < -0.4 is 10.1 Å². The van der Waals surface area contributed by atoms with Gasteiger partial charge in [-0.25, -0.2) is 4.79 Å². The Morgan fingerprint density at radius 1 is 1.14 bits per heavy atom. The Morgan fingerprint density at radius 2 is 1.90 bits per heavy atom. The predicted molar refractivity (Wildman–Crippen MR) is 83.1 cm³/mol. The number of hydrogen-bond donors (Lipinski definition) is 1. The lowest BCUT2D eigenvalue weighted by molar-refractivity contribution is 0.138. The molecule has 0 atom stereocenters. The minimum absolute atomic E-state index is 0.167. The molecule has 0 spiro atoms. The van der Waals surface area contributed by atoms with Gasteiger partial charge in [0.25, 0.3) is 0 Å². The summed E-state index contributed by atoms with van der Waals surface area (Å²) in [6.45, 7) is 2.40. The summed E-state index contributed by atoms with van der Waals surface area (Å²) in [7, 11) is 0. The molecule has 5 heteroatoms. The number of aryl methyl sites for hydroxylation is 1. The first-order valence-corrected chi connectivity index (χ1v) is 6.90. The Kier molecular flexibility index (Phi) is 5.46. The van der Waals surface area contributed by atoms with Crippen molar-refractivity contribution in [3.63, 3.8) is 0 Å². The molecule has 2 rings (SSSR count). The minimum atomic E-state index is -0.500. The van der Waals surface area contributed by atoms with E-state index < -0.39 is 6.09 Å². The Balaban J connectivity index is 1.68. The standard InChI is InChI=1S/C16H16ClNO3/c1-12-3-2-4-14(11-12)18-16(19)21-10-9-20-15-7-5-13(17)6-8-15/h2-8,11H,9-10H2,1H3,(H,18,19). The highest BCUT2D eigenvalue weighted by Gasteiger charge is 2.03. The van der Waals surface area contributed by atoms with Crippen LogP contribution in [-0.4, -0.2) is 19.3 Å². The van der Waals surface area contributed by atoms with E-state index in [9.17, 15) is 4.79 Å². The largest absolute Gasteiger partial charge is 0.490 e. The fraction of sp³-hybridized carbons (Fsp3) is 0.188. The summed E-state index contributed by atoms with van der Waals surface area (Å²) in [5.74, 6) is 0.682. The van der Waals surface area contributed by atoms with Gasteiger partial charge < -0.3 is 9.47 Å². The van der Waals surface area contributed by atoms with Crippen molar-refractivity contribution in [1.29, 1.82) is 0 Å². The molecular weight excluding hydrogens is 290 g/mol. The summed E-state index contributed by atoms with van der Waals surface area (Å²) < 4.78 is 10.4. The molecule has 0 radical (unpaired) electrons. The molecule has 110 valence electrons. The van der Waals surface area contributed by atoms with Crippen LogP contribution in [0.15, 0.2) is 48.5 Å². The lowest BCUT2D eigenvalue weighted by Gasteiger charge is -2.09. The predicted octanol–water partition coefficient (Wildman–Crippen LogP) is 4.28. The third-order valence-electron chi connectivity index (χ3n) is 2.66. The van der Waals surface area contributed by atoms with Gasteiger partial charge in [-0.2, -0.15) is 0 Å². The van der Waals surface area contributed by atoms with Gasteiger partial charge in [-0.3, -0.25) is 5.32 Å². The van der Waals surface area contributed by atoms with E-state index in [0.717, 1.165) is 5.56 Å². The molecule has 0 fully saturated rings. The number of anilines is 1. The quantitative estimate of drug-likeness (QED) is 0.839. The molecule has 0 aliphatic rings. The van der Waals surface area contributed by atoms with Crippen LogP contribution in [0.1, 0.15) is 5.56 Å². The molecule has 0 unspecified atom stereocenters. The number of carbonyl (C=O) groups is 1. The monoisotopic (exact) mass is 305 g/mol. The normalized spacial score (nSPS) is 10.0. The number of ether oxygens (including phenoxy) is 2. The van der Waals surface area contributed by atoms with Crippen LogP contribution in [0, 0.1) is 6.92 Å². The third-order valence-corrected chi connectivity index (χ3v) is 2.92. The summed E-state index contributed by atoms with van der Waals surface area (Å²) in [6.07, 6.45) is -0.500. The van der Waals surface area contributed by atoms with Gasteiger partial charge in [-0.1, -0.05) is 23.7 Å². The topological polar surface area (TPSA) is 47.6 Å². The van der Waals surface area contributed by atoms with Gasteiger partial charge in [0.15, 0.2) is 0 Å². The fourth-order valence-electron chi connectivity index (χ4n) is 1.70. The van der Waals surface area contributed by atoms with Gasteiger partial charge in [-0.05, 0) is 48.9 Å². The molecule has 0 aromatic heterocycles. The maximum atomic E-state index is 11.6. The number of carbonyl (C=O) groups excluding carboxylic acids is 1. The molecule has 0 saturated heterocycles. The Labute approximate surface area is 128 Å². The lowest BCUT2D eigenvalue weighted by Crippen LogP contribution is -2.17. The minimum Gasteiger partial charge on any atom is -0.490 e. The fourth-order valence-corrected chi connectivity index (χ4v) is 1.83. The van der Waals surface area contributed by atoms with E-state index in [0.29, 0.717) is 16.5 Å². The van der Waals surface area contributed by atoms with Crippen molar-refractivity contribution in [3.8, 4) is 5.75 Å². The summed E-state index contributed by atoms with van der Waals surface area (Å²) in [4.78, 5) is 11.6. The number of halogens is 1. The molecule has 0 aliphatic heterocycles. The molecule has 1 amide bonds. The zero-order valence-corrected chi connectivity index (χ0v) is 12.4. The van der Waals surface area contributed by atoms with Gasteiger partial charge in [0.05, 0.1) is 0 Å². The highest BCUT2D eigenvalue weighted by Crippen LogP contribution is 2.15. The molecule has 2 aromatic rings. The van der Waals surface area contributed by atoms with Crippen LogP contribution in [0.4, 0.5) is 10.5 Å². The van der Waals surface area contributed by atoms with Crippen molar-refractivity contribution in [1.82, 2.24) is 0 Å². The summed E-state index contributed by atoms with van der Waals surface area (Å²) >= 11 is 5.77. The molecule has 21 heavy (non-hydrogen) atoms. The lowest BCUT2D eigenvalue weighted by atomic mass is 10.2. The highest BCUT2D eigenvalue weighted by atomic mass is 35.5. The van der Waals surface area contributed by atoms with E-state index in [2.05, 4.69) is 5.32 Å². The van der Waals surface area contributed by atoms with E-state index in [-0.39, 0.29) is 13.2 Å². The molecule has 4 nitrogen and oxygen atoms in total. The molecule has 0 saturated carbocycles. The van der Waals surface area contributed by atoms with Gasteiger partial charge in [0, 0.05) is 10.7 Å². The number of rotatable bonds is 5. The van der Waals surface area contributed by atoms with Gasteiger partial charge in [0.2, 0.25) is 0 Å². The average molecular weight is 306 g/mol. The zero-order valence-electron chi connectivity index (χ0n) is 11.6. The molecule has 1 N–H and O–H groups in total. The second-order valence-electron chi connectivity index (χ2n) is 4.43. The molecule has 0 bridgehead atoms. The molecule has 0 heterocycles. The van der Waals surface area contributed by atoms with Crippen molar-refractivity contribution in [3.05, 3.63) is 59.1 Å². The Bertz CT molecular complexity index is 599. The maximum Gasteiger partial charge on any atom is 0.411 e. The first kappa shape index (κ1) is 15.2. The number of benzene rings is 2. The van der Waals surface area contributed by atoms with E-state index in [4.69, 9.17) is 21.1 Å². The summed E-state index contributed by atoms with van der Waals surface area (Å²) in [6, 6.07) is 14.5. The van der Waals surface area contributed by atoms with Crippen molar-refractivity contribution < 1.29 is 14.3 Å². The van der Waals surface area contributed by atoms with E-state index in [1.54, 1.807) is 30.3 Å². The maximum absolute atomic E-state index is 11.6. The smallest absolute Gasteiger partial charge is 0.411 e. The highest BCUT2D eigenvalue weighted by molar-refractivity contribution is 6.30. The van der Waals surface area contributed by atoms with Crippen LogP contribution in [0.25, 0.3) is 0 Å². The molecular formula is C16H16ClNO3. The summed E-state index contributed by atoms with van der Waals surface area (Å²) in [5, 5.41) is 3.30. The Hall–Kier alpha value is -2.20. The summed E-state index contributed by atoms with van der Waals surface area (Å²) in [5.41, 5.74) is 1.78. The SMILES string of the molecule is Cc1cccc(NC(=O)OCCOc2ccc(Cl)cc2)c1. The van der Waals surface area contributed by atoms with E-state index >= 15 is 0 Å². The molecule has 2 aromatic carbocycles. The van der Waals surface area contributed by atoms with Gasteiger partial charge >= 0.3 is 6.09 Å². The molecule has 0 aliphatic carbocycles. The van der Waals surface area contributed by atoms with Crippen LogP contribution in [0.5, 0.6) is 5.75 Å². The van der Waals surface area contributed by atoms with Crippen LogP contribution in [0.3, 0.4) is 0 Å².